The molecule has 0 radical (unpaired) electrons. The first kappa shape index (κ1) is 18.3. The summed E-state index contributed by atoms with van der Waals surface area (Å²) in [6, 6.07) is 11.1. The third-order valence-corrected chi connectivity index (χ3v) is 5.49. The van der Waals surface area contributed by atoms with Crippen LogP contribution < -0.4 is 4.74 Å². The number of ether oxygens (including phenoxy) is 1. The Balaban J connectivity index is 1.52. The molecule has 0 unspecified atom stereocenters. The molecule has 1 aromatic carbocycles. The second-order valence-corrected chi connectivity index (χ2v) is 7.34. The van der Waals surface area contributed by atoms with Crippen LogP contribution in [0.15, 0.2) is 47.1 Å². The highest BCUT2D eigenvalue weighted by Gasteiger charge is 2.48. The highest BCUT2D eigenvalue weighted by Crippen LogP contribution is 2.36. The standard InChI is InChI=1S/C21H19N5O4/c1-26-7-6-21(28,20(26)27)18-10-16(25-30-18)13-5-3-4-12(8-13)15-9-17(29-2)14-11-22-24-19(14)23-15/h3-5,8-11,28H,6-7H2,1-2H3,(H,22,23,24)/t21-/m1/s1. The Hall–Kier alpha value is -3.72. The molecule has 5 rings (SSSR count). The van der Waals surface area contributed by atoms with E-state index in [-0.39, 0.29) is 18.1 Å². The maximum absolute atomic E-state index is 12.3. The summed E-state index contributed by atoms with van der Waals surface area (Å²) >= 11 is 0. The number of nitrogens with zero attached hydrogens (tertiary/aromatic N) is 4. The Morgan fingerprint density at radius 3 is 2.77 bits per heavy atom. The molecule has 1 aliphatic heterocycles. The van der Waals surface area contributed by atoms with Gasteiger partial charge >= 0.3 is 0 Å². The predicted molar refractivity (Wildman–Crippen MR) is 108 cm³/mol. The molecule has 2 N–H and O–H groups in total. The van der Waals surface area contributed by atoms with Crippen LogP contribution in [0.5, 0.6) is 5.75 Å². The van der Waals surface area contributed by atoms with E-state index in [2.05, 4.69) is 20.3 Å². The number of amides is 1. The van der Waals surface area contributed by atoms with Gasteiger partial charge in [-0.3, -0.25) is 9.89 Å². The van der Waals surface area contributed by atoms with Crippen molar-refractivity contribution in [3.8, 4) is 28.3 Å². The lowest BCUT2D eigenvalue weighted by Gasteiger charge is -2.16. The molecule has 0 aliphatic carbocycles. The number of fused-ring (bicyclic) bond motifs is 1. The van der Waals surface area contributed by atoms with E-state index in [1.54, 1.807) is 26.4 Å². The van der Waals surface area contributed by atoms with Gasteiger partial charge in [-0.05, 0) is 6.07 Å². The van der Waals surface area contributed by atoms with Gasteiger partial charge in [-0.15, -0.1) is 0 Å². The van der Waals surface area contributed by atoms with Crippen molar-refractivity contribution in [2.75, 3.05) is 20.7 Å². The fraction of sp³-hybridized carbons (Fsp3) is 0.238. The summed E-state index contributed by atoms with van der Waals surface area (Å²) in [5, 5.41) is 22.5. The van der Waals surface area contributed by atoms with Crippen molar-refractivity contribution in [2.24, 2.45) is 0 Å². The lowest BCUT2D eigenvalue weighted by molar-refractivity contribution is -0.144. The number of H-pyrrole nitrogens is 1. The van der Waals surface area contributed by atoms with Crippen LogP contribution in [0.4, 0.5) is 0 Å². The number of hydrogen-bond acceptors (Lipinski definition) is 7. The van der Waals surface area contributed by atoms with Crippen molar-refractivity contribution in [1.82, 2.24) is 25.2 Å². The molecule has 3 aromatic heterocycles. The molecule has 1 fully saturated rings. The van der Waals surface area contributed by atoms with Gasteiger partial charge in [0, 0.05) is 43.3 Å². The predicted octanol–water partition coefficient (Wildman–Crippen LogP) is 2.34. The molecule has 1 saturated heterocycles. The van der Waals surface area contributed by atoms with E-state index >= 15 is 0 Å². The van der Waals surface area contributed by atoms with Crippen LogP contribution in [0, 0.1) is 0 Å². The molecule has 4 heterocycles. The van der Waals surface area contributed by atoms with Gasteiger partial charge in [0.05, 0.1) is 24.4 Å². The van der Waals surface area contributed by atoms with Gasteiger partial charge in [-0.1, -0.05) is 23.4 Å². The van der Waals surface area contributed by atoms with Crippen molar-refractivity contribution < 1.29 is 19.2 Å². The number of aromatic amines is 1. The monoisotopic (exact) mass is 405 g/mol. The molecule has 1 atom stereocenters. The summed E-state index contributed by atoms with van der Waals surface area (Å²) in [4.78, 5) is 18.4. The van der Waals surface area contributed by atoms with E-state index in [9.17, 15) is 9.90 Å². The van der Waals surface area contributed by atoms with Gasteiger partial charge in [0.2, 0.25) is 5.60 Å². The molecule has 0 bridgehead atoms. The molecular weight excluding hydrogens is 386 g/mol. The average molecular weight is 405 g/mol. The number of nitrogens with one attached hydrogen (secondary N) is 1. The van der Waals surface area contributed by atoms with Gasteiger partial charge in [-0.25, -0.2) is 4.98 Å². The fourth-order valence-corrected chi connectivity index (χ4v) is 3.74. The molecular formula is C21H19N5O4. The number of aliphatic hydroxyl groups is 1. The zero-order valence-electron chi connectivity index (χ0n) is 16.4. The van der Waals surface area contributed by atoms with Gasteiger partial charge in [0.15, 0.2) is 11.4 Å². The third-order valence-electron chi connectivity index (χ3n) is 5.49. The Kier molecular flexibility index (Phi) is 4.07. The smallest absolute Gasteiger partial charge is 0.262 e. The number of pyridine rings is 1. The minimum atomic E-state index is -1.67. The summed E-state index contributed by atoms with van der Waals surface area (Å²) in [6.45, 7) is 0.463. The van der Waals surface area contributed by atoms with Gasteiger partial charge in [0.1, 0.15) is 11.4 Å². The summed E-state index contributed by atoms with van der Waals surface area (Å²) in [5.41, 5.74) is 1.82. The number of aromatic nitrogens is 4. The Bertz CT molecular complexity index is 1260. The number of carbonyl (C=O) groups is 1. The summed E-state index contributed by atoms with van der Waals surface area (Å²) < 4.78 is 10.8. The van der Waals surface area contributed by atoms with Crippen molar-refractivity contribution in [1.29, 1.82) is 0 Å². The molecule has 30 heavy (non-hydrogen) atoms. The minimum Gasteiger partial charge on any atom is -0.496 e. The first-order valence-electron chi connectivity index (χ1n) is 9.43. The minimum absolute atomic E-state index is 0.149. The second kappa shape index (κ2) is 6.67. The largest absolute Gasteiger partial charge is 0.496 e. The molecule has 1 amide bonds. The second-order valence-electron chi connectivity index (χ2n) is 7.34. The first-order chi connectivity index (χ1) is 14.5. The normalized spacial score (nSPS) is 19.0. The van der Waals surface area contributed by atoms with E-state index in [0.29, 0.717) is 29.3 Å². The quantitative estimate of drug-likeness (QED) is 0.535. The van der Waals surface area contributed by atoms with Crippen molar-refractivity contribution in [3.05, 3.63) is 48.4 Å². The molecule has 1 aliphatic rings. The zero-order chi connectivity index (χ0) is 20.9. The number of rotatable bonds is 4. The summed E-state index contributed by atoms with van der Waals surface area (Å²) in [5.74, 6) is 0.433. The Morgan fingerprint density at radius 1 is 1.23 bits per heavy atom. The van der Waals surface area contributed by atoms with Crippen molar-refractivity contribution in [3.63, 3.8) is 0 Å². The van der Waals surface area contributed by atoms with Crippen LogP contribution >= 0.6 is 0 Å². The lowest BCUT2D eigenvalue weighted by atomic mass is 9.97. The SMILES string of the molecule is COc1cc(-c2cccc(-c3cc([C@]4(O)CCN(C)C4=O)on3)c2)nc2[nH]ncc12. The van der Waals surface area contributed by atoms with Crippen molar-refractivity contribution >= 4 is 16.9 Å². The van der Waals surface area contributed by atoms with Crippen LogP contribution in [0.3, 0.4) is 0 Å². The molecule has 0 saturated carbocycles. The number of likely N-dealkylation sites (tertiary alicyclic amines) is 1. The molecule has 4 aromatic rings. The van der Waals surface area contributed by atoms with E-state index in [4.69, 9.17) is 9.26 Å². The van der Waals surface area contributed by atoms with E-state index < -0.39 is 5.60 Å². The maximum atomic E-state index is 12.3. The van der Waals surface area contributed by atoms with Crippen LogP contribution in [-0.4, -0.2) is 57.0 Å². The number of carbonyl (C=O) groups excluding carboxylic acids is 1. The number of hydrogen-bond donors (Lipinski definition) is 2. The van der Waals surface area contributed by atoms with Crippen LogP contribution in [0.25, 0.3) is 33.5 Å². The van der Waals surface area contributed by atoms with Gasteiger partial charge in [-0.2, -0.15) is 5.10 Å². The van der Waals surface area contributed by atoms with Gasteiger partial charge < -0.3 is 19.3 Å². The van der Waals surface area contributed by atoms with Gasteiger partial charge in [0.25, 0.3) is 5.91 Å². The molecule has 0 spiro atoms. The highest BCUT2D eigenvalue weighted by atomic mass is 16.5. The van der Waals surface area contributed by atoms with Crippen LogP contribution in [0.1, 0.15) is 12.2 Å². The highest BCUT2D eigenvalue weighted by molar-refractivity contribution is 5.88. The van der Waals surface area contributed by atoms with E-state index in [1.807, 2.05) is 30.3 Å². The summed E-state index contributed by atoms with van der Waals surface area (Å²) in [7, 11) is 3.25. The topological polar surface area (TPSA) is 117 Å². The molecule has 9 nitrogen and oxygen atoms in total. The number of likely N-dealkylation sites (N-methyl/N-ethyl adjacent to an activating group) is 1. The van der Waals surface area contributed by atoms with Crippen LogP contribution in [0.2, 0.25) is 0 Å². The lowest BCUT2D eigenvalue weighted by Crippen LogP contribution is -2.35. The Morgan fingerprint density at radius 2 is 2.03 bits per heavy atom. The third kappa shape index (κ3) is 2.74. The Labute approximate surface area is 171 Å². The fourth-order valence-electron chi connectivity index (χ4n) is 3.74. The van der Waals surface area contributed by atoms with E-state index in [0.717, 1.165) is 16.5 Å². The number of methoxy groups -OCH3 is 1. The van der Waals surface area contributed by atoms with Crippen molar-refractivity contribution in [2.45, 2.75) is 12.0 Å². The molecule has 9 heteroatoms. The average Bonchev–Trinajstić information content (AvgIpc) is 3.50. The van der Waals surface area contributed by atoms with E-state index in [1.165, 1.54) is 4.90 Å². The molecule has 152 valence electrons. The first-order valence-corrected chi connectivity index (χ1v) is 9.43. The maximum Gasteiger partial charge on any atom is 0.262 e. The number of benzene rings is 1. The summed E-state index contributed by atoms with van der Waals surface area (Å²) in [6.07, 6.45) is 1.94. The zero-order valence-corrected chi connectivity index (χ0v) is 16.4. The van der Waals surface area contributed by atoms with Crippen LogP contribution in [-0.2, 0) is 10.4 Å².